The molecule has 6 nitrogen and oxygen atoms in total. The lowest BCUT2D eigenvalue weighted by molar-refractivity contribution is 0.0595. The first-order chi connectivity index (χ1) is 15.4. The van der Waals surface area contributed by atoms with Crippen LogP contribution in [-0.2, 0) is 6.61 Å². The number of benzene rings is 2. The highest BCUT2D eigenvalue weighted by Gasteiger charge is 2.25. The number of rotatable bonds is 6. The van der Waals surface area contributed by atoms with Gasteiger partial charge in [0.2, 0.25) is 0 Å². The molecular formula is C24H24F2N2O4. The van der Waals surface area contributed by atoms with Crippen LogP contribution < -0.4 is 9.47 Å². The number of aryl methyl sites for hydroxylation is 2. The SMILES string of the molecule is Cc1noc(C)c1COc1ccc(C(=O)N2CCC(Oc3ccc(F)c(F)c3)CC2)cc1. The van der Waals surface area contributed by atoms with Crippen LogP contribution in [0.25, 0.3) is 0 Å². The number of piperidine rings is 1. The molecule has 0 saturated carbocycles. The summed E-state index contributed by atoms with van der Waals surface area (Å²) < 4.78 is 43.1. The zero-order chi connectivity index (χ0) is 22.7. The minimum absolute atomic E-state index is 0.0615. The molecule has 0 radical (unpaired) electrons. The monoisotopic (exact) mass is 442 g/mol. The molecule has 1 aromatic heterocycles. The first-order valence-electron chi connectivity index (χ1n) is 10.5. The number of hydrogen-bond acceptors (Lipinski definition) is 5. The number of likely N-dealkylation sites (tertiary alicyclic amines) is 1. The largest absolute Gasteiger partial charge is 0.490 e. The minimum Gasteiger partial charge on any atom is -0.490 e. The molecule has 0 atom stereocenters. The number of carbonyl (C=O) groups excluding carboxylic acids is 1. The first-order valence-corrected chi connectivity index (χ1v) is 10.5. The number of halogens is 2. The van der Waals surface area contributed by atoms with E-state index in [0.717, 1.165) is 29.2 Å². The van der Waals surface area contributed by atoms with Crippen molar-refractivity contribution in [1.82, 2.24) is 10.1 Å². The predicted octanol–water partition coefficient (Wildman–Crippen LogP) is 4.83. The van der Waals surface area contributed by atoms with E-state index in [2.05, 4.69) is 5.16 Å². The summed E-state index contributed by atoms with van der Waals surface area (Å²) >= 11 is 0. The van der Waals surface area contributed by atoms with E-state index >= 15 is 0 Å². The number of ether oxygens (including phenoxy) is 2. The van der Waals surface area contributed by atoms with Gasteiger partial charge in [-0.15, -0.1) is 0 Å². The molecule has 1 saturated heterocycles. The standard InChI is InChI=1S/C24H24F2N2O4/c1-15-21(16(2)32-27-15)14-30-18-5-3-17(4-6-18)24(29)28-11-9-19(10-12-28)31-20-7-8-22(25)23(26)13-20/h3-8,13,19H,9-12,14H2,1-2H3. The second kappa shape index (κ2) is 9.38. The Kier molecular flexibility index (Phi) is 6.39. The molecule has 3 aromatic rings. The van der Waals surface area contributed by atoms with Gasteiger partial charge in [-0.1, -0.05) is 5.16 Å². The summed E-state index contributed by atoms with van der Waals surface area (Å²) in [5.74, 6) is -0.229. The molecule has 8 heteroatoms. The van der Waals surface area contributed by atoms with Gasteiger partial charge < -0.3 is 18.9 Å². The van der Waals surface area contributed by atoms with Crippen molar-refractivity contribution in [3.05, 3.63) is 76.7 Å². The molecule has 32 heavy (non-hydrogen) atoms. The summed E-state index contributed by atoms with van der Waals surface area (Å²) in [5, 5.41) is 3.91. The van der Waals surface area contributed by atoms with Gasteiger partial charge in [0.15, 0.2) is 11.6 Å². The summed E-state index contributed by atoms with van der Waals surface area (Å²) in [6, 6.07) is 10.5. The van der Waals surface area contributed by atoms with Crippen molar-refractivity contribution in [1.29, 1.82) is 0 Å². The van der Waals surface area contributed by atoms with Crippen molar-refractivity contribution in [2.24, 2.45) is 0 Å². The zero-order valence-electron chi connectivity index (χ0n) is 17.9. The van der Waals surface area contributed by atoms with Gasteiger partial charge in [0.25, 0.3) is 5.91 Å². The van der Waals surface area contributed by atoms with E-state index in [1.165, 1.54) is 6.07 Å². The van der Waals surface area contributed by atoms with Crippen molar-refractivity contribution < 1.29 is 27.6 Å². The second-order valence-electron chi connectivity index (χ2n) is 7.80. The first kappa shape index (κ1) is 21.8. The maximum Gasteiger partial charge on any atom is 0.253 e. The van der Waals surface area contributed by atoms with Gasteiger partial charge in [-0.25, -0.2) is 8.78 Å². The summed E-state index contributed by atoms with van der Waals surface area (Å²) in [4.78, 5) is 14.6. The molecule has 168 valence electrons. The number of nitrogens with zero attached hydrogens (tertiary/aromatic N) is 2. The lowest BCUT2D eigenvalue weighted by Crippen LogP contribution is -2.41. The smallest absolute Gasteiger partial charge is 0.253 e. The van der Waals surface area contributed by atoms with Crippen LogP contribution in [-0.4, -0.2) is 35.2 Å². The summed E-state index contributed by atoms with van der Waals surface area (Å²) in [7, 11) is 0. The Hall–Kier alpha value is -3.42. The van der Waals surface area contributed by atoms with Crippen molar-refractivity contribution in [3.8, 4) is 11.5 Å². The number of hydrogen-bond donors (Lipinski definition) is 0. The Labute approximate surface area is 184 Å². The van der Waals surface area contributed by atoms with Gasteiger partial charge in [0.05, 0.1) is 11.3 Å². The molecule has 0 bridgehead atoms. The third-order valence-corrected chi connectivity index (χ3v) is 5.59. The molecule has 4 rings (SSSR count). The maximum absolute atomic E-state index is 13.3. The fourth-order valence-electron chi connectivity index (χ4n) is 3.66. The number of carbonyl (C=O) groups is 1. The molecule has 2 heterocycles. The van der Waals surface area contributed by atoms with Crippen LogP contribution >= 0.6 is 0 Å². The Morgan fingerprint density at radius 2 is 1.75 bits per heavy atom. The van der Waals surface area contributed by atoms with Crippen LogP contribution in [0.15, 0.2) is 47.0 Å². The third-order valence-electron chi connectivity index (χ3n) is 5.59. The Morgan fingerprint density at radius 3 is 2.38 bits per heavy atom. The van der Waals surface area contributed by atoms with E-state index in [4.69, 9.17) is 14.0 Å². The molecule has 1 amide bonds. The second-order valence-corrected chi connectivity index (χ2v) is 7.80. The van der Waals surface area contributed by atoms with Crippen LogP contribution in [0.2, 0.25) is 0 Å². The van der Waals surface area contributed by atoms with Gasteiger partial charge in [-0.05, 0) is 50.2 Å². The van der Waals surface area contributed by atoms with Crippen LogP contribution in [0.4, 0.5) is 8.78 Å². The fourth-order valence-corrected chi connectivity index (χ4v) is 3.66. The highest BCUT2D eigenvalue weighted by molar-refractivity contribution is 5.94. The van der Waals surface area contributed by atoms with Gasteiger partial charge in [-0.3, -0.25) is 4.79 Å². The lowest BCUT2D eigenvalue weighted by atomic mass is 10.1. The molecular weight excluding hydrogens is 418 g/mol. The quantitative estimate of drug-likeness (QED) is 0.547. The normalized spacial score (nSPS) is 14.4. The van der Waals surface area contributed by atoms with E-state index in [9.17, 15) is 13.6 Å². The third kappa shape index (κ3) is 4.90. The molecule has 1 aliphatic rings. The zero-order valence-corrected chi connectivity index (χ0v) is 17.9. The average molecular weight is 442 g/mol. The maximum atomic E-state index is 13.3. The molecule has 2 aromatic carbocycles. The number of aromatic nitrogens is 1. The molecule has 0 N–H and O–H groups in total. The van der Waals surface area contributed by atoms with Gasteiger partial charge in [0.1, 0.15) is 30.0 Å². The van der Waals surface area contributed by atoms with E-state index in [0.29, 0.717) is 49.6 Å². The lowest BCUT2D eigenvalue weighted by Gasteiger charge is -2.32. The molecule has 0 aliphatic carbocycles. The van der Waals surface area contributed by atoms with E-state index in [1.807, 2.05) is 13.8 Å². The predicted molar refractivity (Wildman–Crippen MR) is 113 cm³/mol. The summed E-state index contributed by atoms with van der Waals surface area (Å²) in [6.07, 6.45) is 1.08. The highest BCUT2D eigenvalue weighted by Crippen LogP contribution is 2.23. The van der Waals surface area contributed by atoms with Gasteiger partial charge in [0, 0.05) is 37.6 Å². The van der Waals surface area contributed by atoms with E-state index in [-0.39, 0.29) is 12.0 Å². The topological polar surface area (TPSA) is 64.8 Å². The summed E-state index contributed by atoms with van der Waals surface area (Å²) in [6.45, 7) is 5.10. The van der Waals surface area contributed by atoms with E-state index < -0.39 is 11.6 Å². The summed E-state index contributed by atoms with van der Waals surface area (Å²) in [5.41, 5.74) is 2.29. The molecule has 0 unspecified atom stereocenters. The van der Waals surface area contributed by atoms with Gasteiger partial charge in [-0.2, -0.15) is 0 Å². The molecule has 1 aliphatic heterocycles. The van der Waals surface area contributed by atoms with Crippen molar-refractivity contribution >= 4 is 5.91 Å². The Morgan fingerprint density at radius 1 is 1.06 bits per heavy atom. The van der Waals surface area contributed by atoms with Gasteiger partial charge >= 0.3 is 0 Å². The fraction of sp³-hybridized carbons (Fsp3) is 0.333. The highest BCUT2D eigenvalue weighted by atomic mass is 19.2. The number of amides is 1. The van der Waals surface area contributed by atoms with Crippen molar-refractivity contribution in [3.63, 3.8) is 0 Å². The van der Waals surface area contributed by atoms with Crippen LogP contribution in [0.3, 0.4) is 0 Å². The average Bonchev–Trinajstić information content (AvgIpc) is 3.12. The minimum atomic E-state index is -0.936. The molecule has 0 spiro atoms. The Balaban J connectivity index is 1.28. The van der Waals surface area contributed by atoms with E-state index in [1.54, 1.807) is 29.2 Å². The van der Waals surface area contributed by atoms with Crippen LogP contribution in [0, 0.1) is 25.5 Å². The molecule has 1 fully saturated rings. The van der Waals surface area contributed by atoms with Crippen molar-refractivity contribution in [2.45, 2.75) is 39.4 Å². The van der Waals surface area contributed by atoms with Crippen molar-refractivity contribution in [2.75, 3.05) is 13.1 Å². The van der Waals surface area contributed by atoms with Crippen LogP contribution in [0.1, 0.15) is 40.2 Å². The Bertz CT molecular complexity index is 1070. The van der Waals surface area contributed by atoms with Crippen LogP contribution in [0.5, 0.6) is 11.5 Å².